The lowest BCUT2D eigenvalue weighted by atomic mass is 9.93. The SMILES string of the molecule is CCOC(=O)CCC/C(C(CNc1ccccc1)=NC)=C(/C)c1ccc(OC)cc1.COc1ccc(C)cc1. The molecule has 0 saturated heterocycles. The number of benzene rings is 3. The van der Waals surface area contributed by atoms with Gasteiger partial charge in [-0.25, -0.2) is 0 Å². The zero-order valence-electron chi connectivity index (χ0n) is 24.1. The quantitative estimate of drug-likeness (QED) is 0.195. The Morgan fingerprint density at radius 3 is 1.97 bits per heavy atom. The van der Waals surface area contributed by atoms with E-state index in [2.05, 4.69) is 36.3 Å². The third-order valence-electron chi connectivity index (χ3n) is 6.20. The van der Waals surface area contributed by atoms with E-state index in [-0.39, 0.29) is 5.97 Å². The highest BCUT2D eigenvalue weighted by Gasteiger charge is 2.14. The molecular formula is C33H42N2O4. The maximum absolute atomic E-state index is 11.8. The molecule has 0 fully saturated rings. The van der Waals surface area contributed by atoms with Crippen LogP contribution in [-0.2, 0) is 9.53 Å². The number of hydrogen-bond donors (Lipinski definition) is 1. The molecule has 0 unspecified atom stereocenters. The molecule has 1 N–H and O–H groups in total. The van der Waals surface area contributed by atoms with E-state index in [4.69, 9.17) is 14.2 Å². The van der Waals surface area contributed by atoms with Crippen LogP contribution in [0.1, 0.15) is 44.2 Å². The Morgan fingerprint density at radius 2 is 1.44 bits per heavy atom. The van der Waals surface area contributed by atoms with Gasteiger partial charge >= 0.3 is 5.97 Å². The van der Waals surface area contributed by atoms with Crippen LogP contribution < -0.4 is 14.8 Å². The Morgan fingerprint density at radius 1 is 0.846 bits per heavy atom. The molecule has 0 aromatic heterocycles. The number of nitrogens with one attached hydrogen (secondary N) is 1. The van der Waals surface area contributed by atoms with Crippen LogP contribution in [0.4, 0.5) is 5.69 Å². The summed E-state index contributed by atoms with van der Waals surface area (Å²) in [6.45, 7) is 7.01. The first kappa shape index (κ1) is 31.2. The molecular weight excluding hydrogens is 488 g/mol. The van der Waals surface area contributed by atoms with Crippen molar-refractivity contribution in [2.75, 3.05) is 39.7 Å². The molecule has 3 aromatic rings. The van der Waals surface area contributed by atoms with E-state index in [1.54, 1.807) is 14.2 Å². The molecule has 0 aliphatic heterocycles. The van der Waals surface area contributed by atoms with E-state index >= 15 is 0 Å². The Kier molecular flexibility index (Phi) is 13.9. The lowest BCUT2D eigenvalue weighted by molar-refractivity contribution is -0.143. The number of aliphatic imine (C=N–C) groups is 1. The second-order valence-electron chi connectivity index (χ2n) is 8.90. The Labute approximate surface area is 233 Å². The van der Waals surface area contributed by atoms with Gasteiger partial charge in [-0.2, -0.15) is 0 Å². The molecule has 208 valence electrons. The van der Waals surface area contributed by atoms with Crippen molar-refractivity contribution in [3.8, 4) is 11.5 Å². The van der Waals surface area contributed by atoms with Crippen molar-refractivity contribution >= 4 is 22.9 Å². The third kappa shape index (κ3) is 11.1. The Balaban J connectivity index is 0.000000499. The molecule has 6 nitrogen and oxygen atoms in total. The molecule has 0 aliphatic carbocycles. The largest absolute Gasteiger partial charge is 0.497 e. The summed E-state index contributed by atoms with van der Waals surface area (Å²) in [5, 5.41) is 3.44. The minimum atomic E-state index is -0.156. The number of ether oxygens (including phenoxy) is 3. The average molecular weight is 531 g/mol. The lowest BCUT2D eigenvalue weighted by Crippen LogP contribution is -2.18. The number of rotatable bonds is 12. The fourth-order valence-electron chi connectivity index (χ4n) is 3.94. The van der Waals surface area contributed by atoms with E-state index in [9.17, 15) is 4.79 Å². The Hall–Kier alpha value is -4.06. The molecule has 0 aliphatic rings. The average Bonchev–Trinajstić information content (AvgIpc) is 2.97. The maximum atomic E-state index is 11.8. The van der Waals surface area contributed by atoms with Crippen LogP contribution in [0.15, 0.2) is 89.4 Å². The third-order valence-corrected chi connectivity index (χ3v) is 6.20. The first-order valence-corrected chi connectivity index (χ1v) is 13.3. The predicted molar refractivity (Wildman–Crippen MR) is 162 cm³/mol. The van der Waals surface area contributed by atoms with E-state index in [1.165, 1.54) is 5.56 Å². The standard InChI is InChI=1S/C25H32N2O3.C8H10O/c1-5-30-25(28)13-9-12-23(19(2)20-14-16-22(29-4)17-15-20)24(26-3)18-27-21-10-7-6-8-11-21;1-7-3-5-8(9-2)6-4-7/h6-8,10-11,14-17,27H,5,9,12-13,18H2,1-4H3;3-6H,1-2H3/b23-19+,26-24?;. The molecule has 0 atom stereocenters. The van der Waals surface area contributed by atoms with Crippen molar-refractivity contribution in [3.05, 3.63) is 95.6 Å². The van der Waals surface area contributed by atoms with Gasteiger partial charge in [-0.1, -0.05) is 48.0 Å². The van der Waals surface area contributed by atoms with Crippen LogP contribution in [0.2, 0.25) is 0 Å². The van der Waals surface area contributed by atoms with Gasteiger partial charge in [0.25, 0.3) is 0 Å². The van der Waals surface area contributed by atoms with Crippen LogP contribution >= 0.6 is 0 Å². The van der Waals surface area contributed by atoms with Gasteiger partial charge < -0.3 is 19.5 Å². The molecule has 6 heteroatoms. The van der Waals surface area contributed by atoms with E-state index in [1.807, 2.05) is 80.7 Å². The van der Waals surface area contributed by atoms with Crippen molar-refractivity contribution in [2.45, 2.75) is 40.0 Å². The van der Waals surface area contributed by atoms with Gasteiger partial charge in [0.1, 0.15) is 11.5 Å². The van der Waals surface area contributed by atoms with Crippen LogP contribution in [0.3, 0.4) is 0 Å². The van der Waals surface area contributed by atoms with Gasteiger partial charge in [-0.3, -0.25) is 9.79 Å². The van der Waals surface area contributed by atoms with Gasteiger partial charge in [0.2, 0.25) is 0 Å². The predicted octanol–water partition coefficient (Wildman–Crippen LogP) is 7.39. The fourth-order valence-corrected chi connectivity index (χ4v) is 3.94. The summed E-state index contributed by atoms with van der Waals surface area (Å²) in [5.41, 5.74) is 6.70. The smallest absolute Gasteiger partial charge is 0.305 e. The second-order valence-corrected chi connectivity index (χ2v) is 8.90. The molecule has 0 heterocycles. The van der Waals surface area contributed by atoms with E-state index in [0.29, 0.717) is 26.0 Å². The number of anilines is 1. The maximum Gasteiger partial charge on any atom is 0.305 e. The monoisotopic (exact) mass is 530 g/mol. The normalized spacial score (nSPS) is 11.5. The zero-order chi connectivity index (χ0) is 28.5. The molecule has 0 spiro atoms. The summed E-state index contributed by atoms with van der Waals surface area (Å²) < 4.78 is 15.3. The number of para-hydroxylation sites is 1. The van der Waals surface area contributed by atoms with Crippen LogP contribution in [0.5, 0.6) is 11.5 Å². The second kappa shape index (κ2) is 17.4. The number of hydrogen-bond acceptors (Lipinski definition) is 6. The van der Waals surface area contributed by atoms with Crippen molar-refractivity contribution in [1.82, 2.24) is 0 Å². The van der Waals surface area contributed by atoms with Crippen LogP contribution in [-0.4, -0.2) is 46.1 Å². The van der Waals surface area contributed by atoms with Crippen molar-refractivity contribution in [1.29, 1.82) is 0 Å². The summed E-state index contributed by atoms with van der Waals surface area (Å²) in [7, 11) is 5.15. The molecule has 3 aromatic carbocycles. The molecule has 0 radical (unpaired) electrons. The topological polar surface area (TPSA) is 69.2 Å². The lowest BCUT2D eigenvalue weighted by Gasteiger charge is -2.17. The summed E-state index contributed by atoms with van der Waals surface area (Å²) in [5.74, 6) is 1.59. The molecule has 0 saturated carbocycles. The molecule has 3 rings (SSSR count). The highest BCUT2D eigenvalue weighted by molar-refractivity contribution is 6.08. The van der Waals surface area contributed by atoms with Gasteiger partial charge in [-0.15, -0.1) is 0 Å². The highest BCUT2D eigenvalue weighted by Crippen LogP contribution is 2.26. The molecule has 39 heavy (non-hydrogen) atoms. The number of esters is 1. The highest BCUT2D eigenvalue weighted by atomic mass is 16.5. The number of aryl methyl sites for hydroxylation is 1. The fraction of sp³-hybridized carbons (Fsp3) is 0.333. The van der Waals surface area contributed by atoms with Crippen molar-refractivity contribution in [2.24, 2.45) is 4.99 Å². The number of methoxy groups -OCH3 is 2. The van der Waals surface area contributed by atoms with Gasteiger partial charge in [0.05, 0.1) is 33.1 Å². The molecule has 0 bridgehead atoms. The Bertz CT molecular complexity index is 1180. The van der Waals surface area contributed by atoms with Crippen LogP contribution in [0, 0.1) is 6.92 Å². The zero-order valence-corrected chi connectivity index (χ0v) is 24.1. The number of allylic oxidation sites excluding steroid dienone is 1. The minimum absolute atomic E-state index is 0.156. The summed E-state index contributed by atoms with van der Waals surface area (Å²) in [4.78, 5) is 16.4. The number of carbonyl (C=O) groups is 1. The first-order valence-electron chi connectivity index (χ1n) is 13.3. The molecule has 0 amide bonds. The summed E-state index contributed by atoms with van der Waals surface area (Å²) in [6.07, 6.45) is 1.86. The van der Waals surface area contributed by atoms with Gasteiger partial charge in [0.15, 0.2) is 0 Å². The van der Waals surface area contributed by atoms with Crippen LogP contribution in [0.25, 0.3) is 5.57 Å². The van der Waals surface area contributed by atoms with Crippen molar-refractivity contribution < 1.29 is 19.0 Å². The van der Waals surface area contributed by atoms with Crippen molar-refractivity contribution in [3.63, 3.8) is 0 Å². The summed E-state index contributed by atoms with van der Waals surface area (Å²) >= 11 is 0. The minimum Gasteiger partial charge on any atom is -0.497 e. The van der Waals surface area contributed by atoms with Gasteiger partial charge in [-0.05, 0) is 86.7 Å². The summed E-state index contributed by atoms with van der Waals surface area (Å²) in [6, 6.07) is 26.1. The van der Waals surface area contributed by atoms with Gasteiger partial charge in [0, 0.05) is 19.2 Å². The van der Waals surface area contributed by atoms with E-state index in [0.717, 1.165) is 46.0 Å². The first-order chi connectivity index (χ1) is 18.9. The van der Waals surface area contributed by atoms with E-state index < -0.39 is 0 Å². The number of carbonyl (C=O) groups excluding carboxylic acids is 1. The number of nitrogens with zero attached hydrogens (tertiary/aromatic N) is 1.